The molecule has 2 rings (SSSR count). The van der Waals surface area contributed by atoms with Crippen LogP contribution in [0.2, 0.25) is 0 Å². The molecule has 0 unspecified atom stereocenters. The quantitative estimate of drug-likeness (QED) is 0.834. The Bertz CT molecular complexity index is 549. The largest absolute Gasteiger partial charge is 0.465 e. The molecular formula is C14H16N2O3. The summed E-state index contributed by atoms with van der Waals surface area (Å²) in [5, 5.41) is 3.23. The zero-order valence-electron chi connectivity index (χ0n) is 11.0. The van der Waals surface area contributed by atoms with E-state index in [-0.39, 0.29) is 5.97 Å². The van der Waals surface area contributed by atoms with Crippen molar-refractivity contribution in [3.05, 3.63) is 53.2 Å². The number of hydrogen-bond donors (Lipinski definition) is 1. The summed E-state index contributed by atoms with van der Waals surface area (Å²) in [6.45, 7) is 2.99. The van der Waals surface area contributed by atoms with Gasteiger partial charge in [-0.25, -0.2) is 4.79 Å². The Morgan fingerprint density at radius 2 is 2.32 bits per heavy atom. The van der Waals surface area contributed by atoms with E-state index in [9.17, 15) is 4.79 Å². The molecule has 2 aromatic rings. The summed E-state index contributed by atoms with van der Waals surface area (Å²) in [5.41, 5.74) is 1.57. The predicted octanol–water partition coefficient (Wildman–Crippen LogP) is 2.06. The number of nitrogens with one attached hydrogen (secondary N) is 1. The van der Waals surface area contributed by atoms with Gasteiger partial charge in [0.15, 0.2) is 0 Å². The summed E-state index contributed by atoms with van der Waals surface area (Å²) in [5.74, 6) is 0.909. The number of carbonyl (C=O) groups is 1. The first-order valence-electron chi connectivity index (χ1n) is 5.98. The number of aryl methyl sites for hydroxylation is 1. The van der Waals surface area contributed by atoms with Crippen LogP contribution in [0.1, 0.15) is 27.4 Å². The van der Waals surface area contributed by atoms with Crippen molar-refractivity contribution in [3.8, 4) is 0 Å². The molecule has 2 aromatic heterocycles. The van der Waals surface area contributed by atoms with Gasteiger partial charge < -0.3 is 14.5 Å². The van der Waals surface area contributed by atoms with Crippen molar-refractivity contribution in [2.24, 2.45) is 0 Å². The smallest absolute Gasteiger partial charge is 0.341 e. The standard InChI is InChI=1S/C14H16N2O3/c1-10-13(14(17)18-2)6-12(19-10)9-16-8-11-4-3-5-15-7-11/h3-7,16H,8-9H2,1-2H3. The molecule has 0 aliphatic rings. The van der Waals surface area contributed by atoms with Crippen LogP contribution >= 0.6 is 0 Å². The van der Waals surface area contributed by atoms with Gasteiger partial charge in [-0.05, 0) is 24.6 Å². The van der Waals surface area contributed by atoms with Crippen LogP contribution < -0.4 is 5.32 Å². The fraction of sp³-hybridized carbons (Fsp3) is 0.286. The minimum atomic E-state index is -0.375. The Balaban J connectivity index is 1.92. The minimum Gasteiger partial charge on any atom is -0.465 e. The van der Waals surface area contributed by atoms with Crippen molar-refractivity contribution in [2.45, 2.75) is 20.0 Å². The number of pyridine rings is 1. The van der Waals surface area contributed by atoms with Gasteiger partial charge >= 0.3 is 5.97 Å². The Morgan fingerprint density at radius 1 is 1.47 bits per heavy atom. The lowest BCUT2D eigenvalue weighted by Gasteiger charge is -2.01. The van der Waals surface area contributed by atoms with Crippen molar-refractivity contribution in [1.29, 1.82) is 0 Å². The zero-order chi connectivity index (χ0) is 13.7. The molecule has 0 fully saturated rings. The Morgan fingerprint density at radius 3 is 3.00 bits per heavy atom. The van der Waals surface area contributed by atoms with Gasteiger partial charge in [0.25, 0.3) is 0 Å². The third kappa shape index (κ3) is 3.42. The van der Waals surface area contributed by atoms with Crippen molar-refractivity contribution < 1.29 is 13.9 Å². The monoisotopic (exact) mass is 260 g/mol. The molecule has 0 bridgehead atoms. The maximum Gasteiger partial charge on any atom is 0.341 e. The Kier molecular flexibility index (Phi) is 4.30. The maximum atomic E-state index is 11.4. The van der Waals surface area contributed by atoms with Crippen LogP contribution in [0, 0.1) is 6.92 Å². The number of aromatic nitrogens is 1. The average molecular weight is 260 g/mol. The van der Waals surface area contributed by atoms with Crippen molar-refractivity contribution in [1.82, 2.24) is 10.3 Å². The lowest BCUT2D eigenvalue weighted by Crippen LogP contribution is -2.12. The normalized spacial score (nSPS) is 10.4. The SMILES string of the molecule is COC(=O)c1cc(CNCc2cccnc2)oc1C. The fourth-order valence-corrected chi connectivity index (χ4v) is 1.78. The molecule has 0 saturated carbocycles. The Labute approximate surface area is 111 Å². The molecule has 5 heteroatoms. The minimum absolute atomic E-state index is 0.375. The van der Waals surface area contributed by atoms with Crippen LogP contribution in [0.25, 0.3) is 0 Å². The van der Waals surface area contributed by atoms with E-state index in [2.05, 4.69) is 15.0 Å². The van der Waals surface area contributed by atoms with Crippen molar-refractivity contribution in [3.63, 3.8) is 0 Å². The van der Waals surface area contributed by atoms with Gasteiger partial charge in [0, 0.05) is 18.9 Å². The number of esters is 1. The van der Waals surface area contributed by atoms with Gasteiger partial charge in [0.2, 0.25) is 0 Å². The summed E-state index contributed by atoms with van der Waals surface area (Å²) < 4.78 is 10.2. The van der Waals surface area contributed by atoms with Gasteiger partial charge in [-0.15, -0.1) is 0 Å². The average Bonchev–Trinajstić information content (AvgIpc) is 2.80. The maximum absolute atomic E-state index is 11.4. The number of methoxy groups -OCH3 is 1. The van der Waals surface area contributed by atoms with Crippen LogP contribution in [0.5, 0.6) is 0 Å². The summed E-state index contributed by atoms with van der Waals surface area (Å²) in [6.07, 6.45) is 3.54. The van der Waals surface area contributed by atoms with Gasteiger partial charge in [0.1, 0.15) is 17.1 Å². The van der Waals surface area contributed by atoms with E-state index < -0.39 is 0 Å². The van der Waals surface area contributed by atoms with E-state index in [1.165, 1.54) is 7.11 Å². The lowest BCUT2D eigenvalue weighted by atomic mass is 10.2. The molecule has 2 heterocycles. The highest BCUT2D eigenvalue weighted by molar-refractivity contribution is 5.90. The fourth-order valence-electron chi connectivity index (χ4n) is 1.78. The van der Waals surface area contributed by atoms with Gasteiger partial charge in [0.05, 0.1) is 13.7 Å². The van der Waals surface area contributed by atoms with E-state index >= 15 is 0 Å². The molecule has 0 radical (unpaired) electrons. The van der Waals surface area contributed by atoms with E-state index in [1.807, 2.05) is 12.1 Å². The van der Waals surface area contributed by atoms with Crippen molar-refractivity contribution >= 4 is 5.97 Å². The summed E-state index contributed by atoms with van der Waals surface area (Å²) >= 11 is 0. The molecule has 100 valence electrons. The van der Waals surface area contributed by atoms with Gasteiger partial charge in [-0.3, -0.25) is 4.98 Å². The second kappa shape index (κ2) is 6.15. The first-order chi connectivity index (χ1) is 9.20. The molecule has 0 atom stereocenters. The summed E-state index contributed by atoms with van der Waals surface area (Å²) in [6, 6.07) is 5.59. The van der Waals surface area contributed by atoms with Crippen molar-refractivity contribution in [2.75, 3.05) is 7.11 Å². The number of rotatable bonds is 5. The highest BCUT2D eigenvalue weighted by Gasteiger charge is 2.14. The van der Waals surface area contributed by atoms with Crippen LogP contribution in [0.4, 0.5) is 0 Å². The number of nitrogens with zero attached hydrogens (tertiary/aromatic N) is 1. The van der Waals surface area contributed by atoms with Crippen LogP contribution in [-0.4, -0.2) is 18.1 Å². The second-order valence-electron chi connectivity index (χ2n) is 4.14. The highest BCUT2D eigenvalue weighted by atomic mass is 16.5. The molecule has 1 N–H and O–H groups in total. The second-order valence-corrected chi connectivity index (χ2v) is 4.14. The molecule has 0 aromatic carbocycles. The van der Waals surface area contributed by atoms with Gasteiger partial charge in [-0.2, -0.15) is 0 Å². The zero-order valence-corrected chi connectivity index (χ0v) is 11.0. The predicted molar refractivity (Wildman–Crippen MR) is 69.6 cm³/mol. The van der Waals surface area contributed by atoms with E-state index in [0.717, 1.165) is 5.56 Å². The summed E-state index contributed by atoms with van der Waals surface area (Å²) in [4.78, 5) is 15.5. The Hall–Kier alpha value is -2.14. The van der Waals surface area contributed by atoms with E-state index in [0.29, 0.717) is 30.2 Å². The lowest BCUT2D eigenvalue weighted by molar-refractivity contribution is 0.0599. The van der Waals surface area contributed by atoms with Gasteiger partial charge in [-0.1, -0.05) is 6.07 Å². The molecule has 0 spiro atoms. The molecule has 0 saturated heterocycles. The molecule has 0 aliphatic carbocycles. The highest BCUT2D eigenvalue weighted by Crippen LogP contribution is 2.15. The molecule has 19 heavy (non-hydrogen) atoms. The van der Waals surface area contributed by atoms with Crippen LogP contribution in [0.3, 0.4) is 0 Å². The number of carbonyl (C=O) groups excluding carboxylic acids is 1. The van der Waals surface area contributed by atoms with Crippen LogP contribution in [0.15, 0.2) is 35.0 Å². The number of hydrogen-bond acceptors (Lipinski definition) is 5. The van der Waals surface area contributed by atoms with Crippen LogP contribution in [-0.2, 0) is 17.8 Å². The molecule has 0 amide bonds. The molecule has 0 aliphatic heterocycles. The van der Waals surface area contributed by atoms with E-state index in [1.54, 1.807) is 25.4 Å². The number of ether oxygens (including phenoxy) is 1. The third-order valence-electron chi connectivity index (χ3n) is 2.73. The molecular weight excluding hydrogens is 244 g/mol. The topological polar surface area (TPSA) is 64.4 Å². The molecule has 5 nitrogen and oxygen atoms in total. The number of furan rings is 1. The summed E-state index contributed by atoms with van der Waals surface area (Å²) in [7, 11) is 1.36. The first-order valence-corrected chi connectivity index (χ1v) is 5.98. The first kappa shape index (κ1) is 13.3. The van der Waals surface area contributed by atoms with E-state index in [4.69, 9.17) is 4.42 Å². The third-order valence-corrected chi connectivity index (χ3v) is 2.73.